The molecule has 1 heterocycles. The Morgan fingerprint density at radius 3 is 2.74 bits per heavy atom. The Hall–Kier alpha value is -0.940. The van der Waals surface area contributed by atoms with E-state index >= 15 is 0 Å². The number of aromatic nitrogens is 3. The van der Waals surface area contributed by atoms with Gasteiger partial charge in [0.05, 0.1) is 24.0 Å². The van der Waals surface area contributed by atoms with E-state index in [1.807, 2.05) is 0 Å². The van der Waals surface area contributed by atoms with E-state index in [0.717, 1.165) is 18.5 Å². The van der Waals surface area contributed by atoms with Crippen molar-refractivity contribution in [2.45, 2.75) is 57.4 Å². The van der Waals surface area contributed by atoms with Crippen LogP contribution in [0.25, 0.3) is 0 Å². The molecular formula is C14H26N4O. The molecule has 1 fully saturated rings. The molecule has 0 amide bonds. The summed E-state index contributed by atoms with van der Waals surface area (Å²) in [6.07, 6.45) is 6.99. The first-order valence-corrected chi connectivity index (χ1v) is 7.44. The lowest BCUT2D eigenvalue weighted by Crippen LogP contribution is -2.20. The lowest BCUT2D eigenvalue weighted by Gasteiger charge is -2.20. The Morgan fingerprint density at radius 2 is 2.16 bits per heavy atom. The van der Waals surface area contributed by atoms with Gasteiger partial charge >= 0.3 is 0 Å². The van der Waals surface area contributed by atoms with E-state index in [4.69, 9.17) is 10.5 Å². The molecule has 0 spiro atoms. The SMILES string of the molecule is CCC(COC)n1nnc(CCN)c1C1CCCC1. The maximum Gasteiger partial charge on any atom is 0.0874 e. The normalized spacial score (nSPS) is 18.1. The summed E-state index contributed by atoms with van der Waals surface area (Å²) in [7, 11) is 1.75. The molecule has 0 saturated heterocycles. The van der Waals surface area contributed by atoms with Crippen molar-refractivity contribution in [1.29, 1.82) is 0 Å². The highest BCUT2D eigenvalue weighted by Crippen LogP contribution is 2.36. The van der Waals surface area contributed by atoms with Crippen molar-refractivity contribution in [2.24, 2.45) is 5.73 Å². The molecular weight excluding hydrogens is 240 g/mol. The number of hydrogen-bond donors (Lipinski definition) is 1. The van der Waals surface area contributed by atoms with Gasteiger partial charge in [-0.05, 0) is 25.8 Å². The maximum atomic E-state index is 5.70. The smallest absolute Gasteiger partial charge is 0.0874 e. The molecule has 1 aromatic heterocycles. The van der Waals surface area contributed by atoms with Crippen LogP contribution in [0.2, 0.25) is 0 Å². The van der Waals surface area contributed by atoms with E-state index in [1.165, 1.54) is 31.4 Å². The molecule has 108 valence electrons. The lowest BCUT2D eigenvalue weighted by atomic mass is 9.99. The highest BCUT2D eigenvalue weighted by atomic mass is 16.5. The summed E-state index contributed by atoms with van der Waals surface area (Å²) in [6.45, 7) is 3.51. The van der Waals surface area contributed by atoms with E-state index in [1.54, 1.807) is 7.11 Å². The monoisotopic (exact) mass is 266 g/mol. The molecule has 1 saturated carbocycles. The average molecular weight is 266 g/mol. The summed E-state index contributed by atoms with van der Waals surface area (Å²) in [5, 5.41) is 8.78. The van der Waals surface area contributed by atoms with Crippen LogP contribution in [-0.4, -0.2) is 35.3 Å². The molecule has 5 nitrogen and oxygen atoms in total. The van der Waals surface area contributed by atoms with Gasteiger partial charge in [0, 0.05) is 19.4 Å². The summed E-state index contributed by atoms with van der Waals surface area (Å²) in [4.78, 5) is 0. The first-order chi connectivity index (χ1) is 9.31. The van der Waals surface area contributed by atoms with Crippen molar-refractivity contribution in [3.63, 3.8) is 0 Å². The van der Waals surface area contributed by atoms with Gasteiger partial charge in [-0.2, -0.15) is 0 Å². The van der Waals surface area contributed by atoms with Gasteiger partial charge < -0.3 is 10.5 Å². The molecule has 0 radical (unpaired) electrons. The molecule has 1 aromatic rings. The van der Waals surface area contributed by atoms with Crippen LogP contribution in [0.15, 0.2) is 0 Å². The molecule has 2 N–H and O–H groups in total. The summed E-state index contributed by atoms with van der Waals surface area (Å²) in [5.41, 5.74) is 8.13. The molecule has 0 aromatic carbocycles. The van der Waals surface area contributed by atoms with Crippen molar-refractivity contribution < 1.29 is 4.74 Å². The predicted octanol–water partition coefficient (Wildman–Crippen LogP) is 2.03. The quantitative estimate of drug-likeness (QED) is 0.820. The highest BCUT2D eigenvalue weighted by Gasteiger charge is 2.27. The van der Waals surface area contributed by atoms with Crippen molar-refractivity contribution in [2.75, 3.05) is 20.3 Å². The number of rotatable bonds is 7. The van der Waals surface area contributed by atoms with Crippen molar-refractivity contribution in [3.8, 4) is 0 Å². The Morgan fingerprint density at radius 1 is 1.42 bits per heavy atom. The number of methoxy groups -OCH3 is 1. The third-order valence-electron chi connectivity index (χ3n) is 4.10. The standard InChI is InChI=1S/C14H26N4O/c1-3-12(10-19-2)18-14(11-6-4-5-7-11)13(8-9-15)16-17-18/h11-12H,3-10,15H2,1-2H3. The summed E-state index contributed by atoms with van der Waals surface area (Å²) >= 11 is 0. The Bertz CT molecular complexity index is 385. The van der Waals surface area contributed by atoms with Crippen LogP contribution in [0.5, 0.6) is 0 Å². The largest absolute Gasteiger partial charge is 0.382 e. The molecule has 1 aliphatic carbocycles. The molecule has 1 unspecified atom stereocenters. The highest BCUT2D eigenvalue weighted by molar-refractivity contribution is 5.18. The van der Waals surface area contributed by atoms with Crippen LogP contribution in [0.4, 0.5) is 0 Å². The van der Waals surface area contributed by atoms with Gasteiger partial charge in [-0.1, -0.05) is 25.0 Å². The van der Waals surface area contributed by atoms with Gasteiger partial charge in [0.15, 0.2) is 0 Å². The molecule has 19 heavy (non-hydrogen) atoms. The third kappa shape index (κ3) is 3.15. The maximum absolute atomic E-state index is 5.70. The molecule has 1 atom stereocenters. The Balaban J connectivity index is 2.30. The van der Waals surface area contributed by atoms with Gasteiger partial charge in [-0.3, -0.25) is 0 Å². The zero-order valence-corrected chi connectivity index (χ0v) is 12.1. The van der Waals surface area contributed by atoms with Gasteiger partial charge in [0.1, 0.15) is 0 Å². The molecule has 2 rings (SSSR count). The van der Waals surface area contributed by atoms with E-state index in [2.05, 4.69) is 21.9 Å². The second kappa shape index (κ2) is 7.01. The van der Waals surface area contributed by atoms with E-state index in [-0.39, 0.29) is 0 Å². The fourth-order valence-corrected chi connectivity index (χ4v) is 3.09. The molecule has 0 aliphatic heterocycles. The third-order valence-corrected chi connectivity index (χ3v) is 4.10. The van der Waals surface area contributed by atoms with Crippen LogP contribution in [0.1, 0.15) is 62.4 Å². The number of hydrogen-bond acceptors (Lipinski definition) is 4. The minimum atomic E-state index is 0.291. The van der Waals surface area contributed by atoms with Gasteiger partial charge in [0.25, 0.3) is 0 Å². The first-order valence-electron chi connectivity index (χ1n) is 7.44. The van der Waals surface area contributed by atoms with Crippen molar-refractivity contribution in [3.05, 3.63) is 11.4 Å². The van der Waals surface area contributed by atoms with E-state index < -0.39 is 0 Å². The fourth-order valence-electron chi connectivity index (χ4n) is 3.09. The van der Waals surface area contributed by atoms with Crippen molar-refractivity contribution in [1.82, 2.24) is 15.0 Å². The van der Waals surface area contributed by atoms with Crippen LogP contribution in [0.3, 0.4) is 0 Å². The Kier molecular flexibility index (Phi) is 5.34. The topological polar surface area (TPSA) is 66.0 Å². The lowest BCUT2D eigenvalue weighted by molar-refractivity contribution is 0.144. The number of nitrogens with zero attached hydrogens (tertiary/aromatic N) is 3. The second-order valence-electron chi connectivity index (χ2n) is 5.40. The van der Waals surface area contributed by atoms with Crippen LogP contribution < -0.4 is 5.73 Å². The number of nitrogens with two attached hydrogens (primary N) is 1. The minimum absolute atomic E-state index is 0.291. The number of ether oxygens (including phenoxy) is 1. The van der Waals surface area contributed by atoms with E-state index in [9.17, 15) is 0 Å². The van der Waals surface area contributed by atoms with Crippen LogP contribution in [0, 0.1) is 0 Å². The molecule has 5 heteroatoms. The molecule has 1 aliphatic rings. The minimum Gasteiger partial charge on any atom is -0.382 e. The summed E-state index contributed by atoms with van der Waals surface area (Å²) in [6, 6.07) is 0.291. The van der Waals surface area contributed by atoms with E-state index in [0.29, 0.717) is 25.1 Å². The average Bonchev–Trinajstić information content (AvgIpc) is 3.05. The van der Waals surface area contributed by atoms with Crippen LogP contribution >= 0.6 is 0 Å². The summed E-state index contributed by atoms with van der Waals surface area (Å²) < 4.78 is 7.44. The van der Waals surface area contributed by atoms with Gasteiger partial charge in [-0.15, -0.1) is 5.10 Å². The Labute approximate surface area is 115 Å². The molecule has 0 bridgehead atoms. The van der Waals surface area contributed by atoms with Crippen molar-refractivity contribution >= 4 is 0 Å². The van der Waals surface area contributed by atoms with Gasteiger partial charge in [-0.25, -0.2) is 4.68 Å². The second-order valence-corrected chi connectivity index (χ2v) is 5.40. The predicted molar refractivity (Wildman–Crippen MR) is 75.2 cm³/mol. The van der Waals surface area contributed by atoms with Gasteiger partial charge in [0.2, 0.25) is 0 Å². The first kappa shape index (κ1) is 14.5. The zero-order chi connectivity index (χ0) is 13.7. The van der Waals surface area contributed by atoms with Crippen LogP contribution in [-0.2, 0) is 11.2 Å². The zero-order valence-electron chi connectivity index (χ0n) is 12.1. The fraction of sp³-hybridized carbons (Fsp3) is 0.857. The summed E-state index contributed by atoms with van der Waals surface area (Å²) in [5.74, 6) is 0.613.